The third kappa shape index (κ3) is 3.22. The Hall–Kier alpha value is -0.0900. The highest BCUT2D eigenvalue weighted by Crippen LogP contribution is 2.71. The maximum atomic E-state index is 4.11. The van der Waals surface area contributed by atoms with Gasteiger partial charge in [0.15, 0.2) is 0 Å². The maximum Gasteiger partial charge on any atom is -0.00262 e. The van der Waals surface area contributed by atoms with Crippen molar-refractivity contribution in [2.45, 2.75) is 81.9 Å². The van der Waals surface area contributed by atoms with E-state index in [0.29, 0.717) is 5.16 Å². The average molecular weight is 292 g/mol. The first kappa shape index (κ1) is 16.3. The summed E-state index contributed by atoms with van der Waals surface area (Å²) in [7, 11) is 0.219. The van der Waals surface area contributed by atoms with Gasteiger partial charge in [0, 0.05) is 0 Å². The van der Waals surface area contributed by atoms with Crippen molar-refractivity contribution < 1.29 is 0 Å². The summed E-state index contributed by atoms with van der Waals surface area (Å²) in [5.74, 6) is 0.901. The fourth-order valence-electron chi connectivity index (χ4n) is 4.80. The quantitative estimate of drug-likeness (QED) is 0.272. The van der Waals surface area contributed by atoms with Crippen LogP contribution in [-0.4, -0.2) is 17.0 Å². The monoisotopic (exact) mass is 292 g/mol. The van der Waals surface area contributed by atoms with E-state index in [1.807, 2.05) is 0 Å². The summed E-state index contributed by atoms with van der Waals surface area (Å²) >= 11 is 0. The molecule has 2 aliphatic rings. The predicted octanol–water partition coefficient (Wildman–Crippen LogP) is 6.51. The highest BCUT2D eigenvalue weighted by molar-refractivity contribution is 7.60. The SMILES string of the molecule is C=CCC1CCCC2CCC1(CC=C)P2CCCCC. The van der Waals surface area contributed by atoms with Crippen LogP contribution < -0.4 is 0 Å². The minimum atomic E-state index is 0.219. The molecule has 2 fully saturated rings. The number of hydrogen-bond donors (Lipinski definition) is 0. The molecule has 0 nitrogen and oxygen atoms in total. The van der Waals surface area contributed by atoms with Gasteiger partial charge in [-0.1, -0.05) is 46.3 Å². The topological polar surface area (TPSA) is 0 Å². The summed E-state index contributed by atoms with van der Waals surface area (Å²) in [6.45, 7) is 10.5. The molecule has 0 aromatic carbocycles. The smallest absolute Gasteiger partial charge is 0.00262 e. The molecule has 4 atom stereocenters. The molecular weight excluding hydrogens is 259 g/mol. The van der Waals surface area contributed by atoms with Crippen molar-refractivity contribution in [3.63, 3.8) is 0 Å². The predicted molar refractivity (Wildman–Crippen MR) is 94.0 cm³/mol. The standard InChI is InChI=1S/C19H33P/c1-4-7-8-16-20-18-12-9-11-17(10-5-2)19(20,14-6-3)15-13-18/h5-6,17-18H,2-4,7-16H2,1H3. The molecule has 2 heterocycles. The minimum absolute atomic E-state index is 0.219. The van der Waals surface area contributed by atoms with E-state index in [1.54, 1.807) is 0 Å². The molecule has 2 rings (SSSR count). The lowest BCUT2D eigenvalue weighted by molar-refractivity contribution is 0.321. The molecule has 0 spiro atoms. The average Bonchev–Trinajstić information content (AvgIpc) is 2.70. The molecule has 4 unspecified atom stereocenters. The van der Waals surface area contributed by atoms with Crippen molar-refractivity contribution in [3.05, 3.63) is 25.3 Å². The van der Waals surface area contributed by atoms with E-state index >= 15 is 0 Å². The van der Waals surface area contributed by atoms with Crippen molar-refractivity contribution in [1.82, 2.24) is 0 Å². The fraction of sp³-hybridized carbons (Fsp3) is 0.789. The molecule has 0 saturated carbocycles. The van der Waals surface area contributed by atoms with Crippen molar-refractivity contribution in [3.8, 4) is 0 Å². The normalized spacial score (nSPS) is 36.5. The Morgan fingerprint density at radius 2 is 2.00 bits per heavy atom. The molecule has 0 N–H and O–H groups in total. The third-order valence-corrected chi connectivity index (χ3v) is 9.84. The van der Waals surface area contributed by atoms with Crippen LogP contribution >= 0.6 is 7.92 Å². The summed E-state index contributed by atoms with van der Waals surface area (Å²) in [5, 5.41) is 0.639. The maximum absolute atomic E-state index is 4.11. The van der Waals surface area contributed by atoms with E-state index < -0.39 is 0 Å². The fourth-order valence-corrected chi connectivity index (χ4v) is 9.32. The number of allylic oxidation sites excluding steroid dienone is 2. The van der Waals surface area contributed by atoms with Crippen LogP contribution in [0.25, 0.3) is 0 Å². The molecule has 0 aliphatic carbocycles. The molecule has 20 heavy (non-hydrogen) atoms. The summed E-state index contributed by atoms with van der Waals surface area (Å²) in [4.78, 5) is 0. The van der Waals surface area contributed by atoms with E-state index in [4.69, 9.17) is 0 Å². The van der Waals surface area contributed by atoms with Gasteiger partial charge < -0.3 is 0 Å². The molecule has 0 amide bonds. The first-order valence-corrected chi connectivity index (χ1v) is 10.4. The lowest BCUT2D eigenvalue weighted by Crippen LogP contribution is -2.33. The Morgan fingerprint density at radius 1 is 1.15 bits per heavy atom. The second-order valence-electron chi connectivity index (χ2n) is 6.84. The summed E-state index contributed by atoms with van der Waals surface area (Å²) in [5.41, 5.74) is 1.08. The van der Waals surface area contributed by atoms with Crippen molar-refractivity contribution in [2.75, 3.05) is 6.16 Å². The van der Waals surface area contributed by atoms with Gasteiger partial charge in [0.25, 0.3) is 0 Å². The molecule has 0 aromatic rings. The lowest BCUT2D eigenvalue weighted by Gasteiger charge is -2.42. The Morgan fingerprint density at radius 3 is 2.70 bits per heavy atom. The van der Waals surface area contributed by atoms with Gasteiger partial charge in [0.05, 0.1) is 0 Å². The van der Waals surface area contributed by atoms with Crippen LogP contribution in [0.3, 0.4) is 0 Å². The number of fused-ring (bicyclic) bond motifs is 2. The zero-order valence-electron chi connectivity index (χ0n) is 13.4. The van der Waals surface area contributed by atoms with Crippen LogP contribution in [0.4, 0.5) is 0 Å². The summed E-state index contributed by atoms with van der Waals surface area (Å²) in [6.07, 6.45) is 20.2. The molecule has 114 valence electrons. The van der Waals surface area contributed by atoms with E-state index in [1.165, 1.54) is 70.4 Å². The molecule has 0 aromatic heterocycles. The van der Waals surface area contributed by atoms with Gasteiger partial charge in [-0.2, -0.15) is 0 Å². The van der Waals surface area contributed by atoms with Crippen molar-refractivity contribution in [1.29, 1.82) is 0 Å². The van der Waals surface area contributed by atoms with E-state index in [2.05, 4.69) is 32.2 Å². The zero-order valence-corrected chi connectivity index (χ0v) is 14.3. The number of hydrogen-bond acceptors (Lipinski definition) is 0. The Balaban J connectivity index is 2.19. The van der Waals surface area contributed by atoms with Gasteiger partial charge in [0.2, 0.25) is 0 Å². The van der Waals surface area contributed by atoms with Crippen LogP contribution in [-0.2, 0) is 0 Å². The molecule has 0 radical (unpaired) electrons. The van der Waals surface area contributed by atoms with Gasteiger partial charge in [-0.15, -0.1) is 13.2 Å². The highest BCUT2D eigenvalue weighted by atomic mass is 31.1. The second kappa shape index (κ2) is 7.79. The number of rotatable bonds is 8. The largest absolute Gasteiger partial charge is 0.103 e. The molecule has 2 bridgehead atoms. The minimum Gasteiger partial charge on any atom is -0.103 e. The molecule has 1 heteroatoms. The first-order valence-electron chi connectivity index (χ1n) is 8.77. The van der Waals surface area contributed by atoms with Crippen LogP contribution in [0.2, 0.25) is 0 Å². The van der Waals surface area contributed by atoms with E-state index in [9.17, 15) is 0 Å². The molecule has 2 aliphatic heterocycles. The molecule has 2 saturated heterocycles. The Kier molecular flexibility index (Phi) is 6.34. The van der Waals surface area contributed by atoms with Crippen LogP contribution in [0.1, 0.15) is 71.1 Å². The second-order valence-corrected chi connectivity index (χ2v) is 9.85. The summed E-state index contributed by atoms with van der Waals surface area (Å²) in [6, 6.07) is 0. The van der Waals surface area contributed by atoms with Gasteiger partial charge >= 0.3 is 0 Å². The molecular formula is C19H33P. The van der Waals surface area contributed by atoms with Crippen LogP contribution in [0.15, 0.2) is 25.3 Å². The van der Waals surface area contributed by atoms with Gasteiger partial charge in [0.1, 0.15) is 0 Å². The number of unbranched alkanes of at least 4 members (excludes halogenated alkanes) is 2. The van der Waals surface area contributed by atoms with Crippen molar-refractivity contribution in [2.24, 2.45) is 5.92 Å². The first-order chi connectivity index (χ1) is 9.78. The lowest BCUT2D eigenvalue weighted by atomic mass is 9.78. The zero-order chi connectivity index (χ0) is 14.4. The van der Waals surface area contributed by atoms with Gasteiger partial charge in [-0.25, -0.2) is 0 Å². The van der Waals surface area contributed by atoms with E-state index in [-0.39, 0.29) is 7.92 Å². The van der Waals surface area contributed by atoms with Crippen LogP contribution in [0, 0.1) is 5.92 Å². The van der Waals surface area contributed by atoms with Gasteiger partial charge in [-0.3, -0.25) is 0 Å². The van der Waals surface area contributed by atoms with E-state index in [0.717, 1.165) is 11.6 Å². The van der Waals surface area contributed by atoms with Crippen LogP contribution in [0.5, 0.6) is 0 Å². The third-order valence-electron chi connectivity index (χ3n) is 5.72. The summed E-state index contributed by atoms with van der Waals surface area (Å²) < 4.78 is 0. The van der Waals surface area contributed by atoms with Gasteiger partial charge in [-0.05, 0) is 67.8 Å². The highest BCUT2D eigenvalue weighted by Gasteiger charge is 2.51. The Labute approximate surface area is 127 Å². The Bertz CT molecular complexity index is 322. The van der Waals surface area contributed by atoms with Crippen molar-refractivity contribution >= 4 is 7.92 Å².